The van der Waals surface area contributed by atoms with Crippen LogP contribution in [0.25, 0.3) is 11.1 Å². The van der Waals surface area contributed by atoms with Gasteiger partial charge in [-0.3, -0.25) is 0 Å². The fourth-order valence-corrected chi connectivity index (χ4v) is 3.92. The van der Waals surface area contributed by atoms with Gasteiger partial charge in [-0.25, -0.2) is 22.0 Å². The minimum Gasteiger partial charge on any atom is -0.486 e. The molecule has 4 aromatic rings. The molecule has 0 N–H and O–H groups in total. The van der Waals surface area contributed by atoms with Crippen LogP contribution in [0.4, 0.5) is 39.5 Å². The Labute approximate surface area is 222 Å². The highest BCUT2D eigenvalue weighted by atomic mass is 19.3. The molecule has 0 saturated heterocycles. The maximum atomic E-state index is 14.8. The van der Waals surface area contributed by atoms with Crippen LogP contribution >= 0.6 is 0 Å². The van der Waals surface area contributed by atoms with Gasteiger partial charge in [-0.15, -0.1) is 0 Å². The van der Waals surface area contributed by atoms with Crippen LogP contribution < -0.4 is 9.47 Å². The zero-order valence-electron chi connectivity index (χ0n) is 20.6. The third-order valence-corrected chi connectivity index (χ3v) is 5.85. The summed E-state index contributed by atoms with van der Waals surface area (Å²) in [6.07, 6.45) is -3.11. The smallest absolute Gasteiger partial charge is 0.432 e. The van der Waals surface area contributed by atoms with Crippen molar-refractivity contribution in [1.82, 2.24) is 0 Å². The number of alkyl halides is 2. The Morgan fingerprint density at radius 3 is 1.73 bits per heavy atom. The predicted octanol–water partition coefficient (Wildman–Crippen LogP) is 8.99. The van der Waals surface area contributed by atoms with E-state index in [-0.39, 0.29) is 11.1 Å². The molecule has 4 rings (SSSR count). The minimum atomic E-state index is -4.77. The lowest BCUT2D eigenvalue weighted by atomic mass is 10.00. The molecule has 0 heterocycles. The number of rotatable bonds is 9. The number of halogens is 9. The molecule has 0 aliphatic heterocycles. The summed E-state index contributed by atoms with van der Waals surface area (Å²) in [5.41, 5.74) is -0.790. The molecule has 11 heteroatoms. The standard InChI is InChI=1S/C29H19F9O2/c1-2-3-15-4-6-17(7-5-15)18-12-19(30)25(20(31)13-18)29(37,38)40-24-9-8-23(27(35)28(24)36)39-14-16-10-21(32)26(34)22(33)11-16/h4-13H,2-3,14H2,1H3. The van der Waals surface area contributed by atoms with Crippen molar-refractivity contribution in [2.45, 2.75) is 32.5 Å². The lowest BCUT2D eigenvalue weighted by molar-refractivity contribution is -0.191. The van der Waals surface area contributed by atoms with Crippen molar-refractivity contribution < 1.29 is 49.0 Å². The molecule has 0 bridgehead atoms. The number of benzene rings is 4. The van der Waals surface area contributed by atoms with E-state index in [1.807, 2.05) is 6.92 Å². The molecule has 0 saturated carbocycles. The van der Waals surface area contributed by atoms with Gasteiger partial charge >= 0.3 is 6.11 Å². The molecule has 0 amide bonds. The first-order chi connectivity index (χ1) is 18.9. The van der Waals surface area contributed by atoms with Crippen LogP contribution in [-0.4, -0.2) is 0 Å². The van der Waals surface area contributed by atoms with Crippen molar-refractivity contribution in [1.29, 1.82) is 0 Å². The summed E-state index contributed by atoms with van der Waals surface area (Å²) in [5.74, 6) is -14.3. The van der Waals surface area contributed by atoms with Gasteiger partial charge in [-0.2, -0.15) is 17.6 Å². The second-order valence-electron chi connectivity index (χ2n) is 8.73. The molecule has 0 aliphatic carbocycles. The van der Waals surface area contributed by atoms with E-state index in [0.717, 1.165) is 18.4 Å². The molecule has 0 aromatic heterocycles. The first kappa shape index (κ1) is 28.8. The Hall–Kier alpha value is -4.15. The summed E-state index contributed by atoms with van der Waals surface area (Å²) in [7, 11) is 0. The summed E-state index contributed by atoms with van der Waals surface area (Å²) >= 11 is 0. The van der Waals surface area contributed by atoms with Crippen LogP contribution in [0.3, 0.4) is 0 Å². The lowest BCUT2D eigenvalue weighted by Crippen LogP contribution is -2.26. The van der Waals surface area contributed by atoms with Crippen LogP contribution in [-0.2, 0) is 19.1 Å². The summed E-state index contributed by atoms with van der Waals surface area (Å²) in [5, 5.41) is 0. The average molecular weight is 570 g/mol. The van der Waals surface area contributed by atoms with Crippen LogP contribution in [0.15, 0.2) is 60.7 Å². The maximum Gasteiger partial charge on any atom is 0.432 e. The highest BCUT2D eigenvalue weighted by Gasteiger charge is 2.42. The SMILES string of the molecule is CCCc1ccc(-c2cc(F)c(C(F)(F)Oc3ccc(OCc4cc(F)c(F)c(F)c4)c(F)c3F)c(F)c2)cc1. The van der Waals surface area contributed by atoms with Crippen LogP contribution in [0, 0.1) is 40.7 Å². The number of hydrogen-bond donors (Lipinski definition) is 0. The van der Waals surface area contributed by atoms with E-state index >= 15 is 0 Å². The number of aryl methyl sites for hydroxylation is 1. The Morgan fingerprint density at radius 1 is 0.600 bits per heavy atom. The molecule has 0 radical (unpaired) electrons. The molecule has 0 spiro atoms. The quantitative estimate of drug-likeness (QED) is 0.148. The van der Waals surface area contributed by atoms with E-state index in [1.165, 1.54) is 0 Å². The zero-order valence-corrected chi connectivity index (χ0v) is 20.6. The van der Waals surface area contributed by atoms with Gasteiger partial charge in [0.15, 0.2) is 29.0 Å². The first-order valence-electron chi connectivity index (χ1n) is 11.8. The molecule has 0 fully saturated rings. The topological polar surface area (TPSA) is 18.5 Å². The van der Waals surface area contributed by atoms with Crippen molar-refractivity contribution in [3.05, 3.63) is 118 Å². The third kappa shape index (κ3) is 6.03. The molecule has 2 nitrogen and oxygen atoms in total. The molecule has 0 unspecified atom stereocenters. The van der Waals surface area contributed by atoms with Gasteiger partial charge < -0.3 is 9.47 Å². The normalized spacial score (nSPS) is 11.6. The van der Waals surface area contributed by atoms with Gasteiger partial charge in [0.1, 0.15) is 23.8 Å². The van der Waals surface area contributed by atoms with E-state index in [1.54, 1.807) is 24.3 Å². The molecular weight excluding hydrogens is 551 g/mol. The molecule has 0 aliphatic rings. The largest absolute Gasteiger partial charge is 0.486 e. The van der Waals surface area contributed by atoms with Gasteiger partial charge in [0.25, 0.3) is 0 Å². The monoisotopic (exact) mass is 570 g/mol. The fourth-order valence-electron chi connectivity index (χ4n) is 3.92. The van der Waals surface area contributed by atoms with Crippen molar-refractivity contribution >= 4 is 0 Å². The second-order valence-corrected chi connectivity index (χ2v) is 8.73. The van der Waals surface area contributed by atoms with Crippen LogP contribution in [0.5, 0.6) is 11.5 Å². The number of hydrogen-bond acceptors (Lipinski definition) is 2. The van der Waals surface area contributed by atoms with Crippen molar-refractivity contribution in [3.8, 4) is 22.6 Å². The van der Waals surface area contributed by atoms with Crippen molar-refractivity contribution in [3.63, 3.8) is 0 Å². The first-order valence-corrected chi connectivity index (χ1v) is 11.8. The summed E-state index contributed by atoms with van der Waals surface area (Å²) in [6, 6.07) is 10.2. The fraction of sp³-hybridized carbons (Fsp3) is 0.172. The van der Waals surface area contributed by atoms with Crippen LogP contribution in [0.1, 0.15) is 30.0 Å². The van der Waals surface area contributed by atoms with E-state index < -0.39 is 70.5 Å². The van der Waals surface area contributed by atoms with Gasteiger partial charge in [-0.1, -0.05) is 37.6 Å². The van der Waals surface area contributed by atoms with E-state index in [4.69, 9.17) is 4.74 Å². The highest BCUT2D eigenvalue weighted by molar-refractivity contribution is 5.64. The minimum absolute atomic E-state index is 0.0303. The molecular formula is C29H19F9O2. The molecule has 40 heavy (non-hydrogen) atoms. The van der Waals surface area contributed by atoms with E-state index in [2.05, 4.69) is 4.74 Å². The Balaban J connectivity index is 1.54. The average Bonchev–Trinajstić information content (AvgIpc) is 2.89. The highest BCUT2D eigenvalue weighted by Crippen LogP contribution is 2.39. The second kappa shape index (κ2) is 11.5. The van der Waals surface area contributed by atoms with Crippen LogP contribution in [0.2, 0.25) is 0 Å². The summed E-state index contributed by atoms with van der Waals surface area (Å²) in [6.45, 7) is 1.23. The van der Waals surface area contributed by atoms with Gasteiger partial charge in [-0.05, 0) is 65.1 Å². The van der Waals surface area contributed by atoms with E-state index in [0.29, 0.717) is 42.0 Å². The number of ether oxygens (including phenoxy) is 2. The zero-order chi connectivity index (χ0) is 29.2. The van der Waals surface area contributed by atoms with E-state index in [9.17, 15) is 39.5 Å². The third-order valence-electron chi connectivity index (χ3n) is 5.85. The summed E-state index contributed by atoms with van der Waals surface area (Å²) < 4.78 is 137. The Kier molecular flexibility index (Phi) is 8.32. The maximum absolute atomic E-state index is 14.8. The van der Waals surface area contributed by atoms with Gasteiger partial charge in [0, 0.05) is 0 Å². The Bertz CT molecular complexity index is 1490. The van der Waals surface area contributed by atoms with Crippen molar-refractivity contribution in [2.24, 2.45) is 0 Å². The summed E-state index contributed by atoms with van der Waals surface area (Å²) in [4.78, 5) is 0. The van der Waals surface area contributed by atoms with Gasteiger partial charge in [0.05, 0.1) is 0 Å². The molecule has 210 valence electrons. The van der Waals surface area contributed by atoms with Crippen molar-refractivity contribution in [2.75, 3.05) is 0 Å². The predicted molar refractivity (Wildman–Crippen MR) is 127 cm³/mol. The van der Waals surface area contributed by atoms with Gasteiger partial charge in [0.2, 0.25) is 11.6 Å². The Morgan fingerprint density at radius 2 is 1.15 bits per heavy atom. The molecule has 0 atom stereocenters. The lowest BCUT2D eigenvalue weighted by Gasteiger charge is -2.21. The molecule has 4 aromatic carbocycles.